The van der Waals surface area contributed by atoms with Crippen molar-refractivity contribution < 1.29 is 14.3 Å². The summed E-state index contributed by atoms with van der Waals surface area (Å²) in [6.07, 6.45) is 0. The number of carbonyl (C=O) groups is 2. The van der Waals surface area contributed by atoms with Crippen LogP contribution in [0.1, 0.15) is 31.1 Å². The second-order valence-corrected chi connectivity index (χ2v) is 10.2. The van der Waals surface area contributed by atoms with Crippen LogP contribution in [-0.4, -0.2) is 55.1 Å². The van der Waals surface area contributed by atoms with Crippen LogP contribution in [0, 0.1) is 5.41 Å². The Labute approximate surface area is 215 Å². The molecule has 0 bridgehead atoms. The maximum atomic E-state index is 12.5. The summed E-state index contributed by atoms with van der Waals surface area (Å²) in [5.74, 6) is 0.0487. The van der Waals surface area contributed by atoms with Gasteiger partial charge in [0.05, 0.1) is 17.2 Å². The SMILES string of the molecule is COc1c(Cl)cc(C(=O)NC(=S)Nc2ccc(N3CCN(C(=O)C(C)(C)C)CC3)cc2)cc1Cl. The van der Waals surface area contributed by atoms with Gasteiger partial charge in [0, 0.05) is 48.5 Å². The molecular formula is C24H28Cl2N4O3S. The number of rotatable bonds is 4. The number of thiocarbonyl (C=S) groups is 1. The molecule has 0 aliphatic carbocycles. The average Bonchev–Trinajstić information content (AvgIpc) is 2.78. The third-order valence-electron chi connectivity index (χ3n) is 5.39. The highest BCUT2D eigenvalue weighted by Gasteiger charge is 2.29. The maximum Gasteiger partial charge on any atom is 0.257 e. The first kappa shape index (κ1) is 26.1. The van der Waals surface area contributed by atoms with E-state index in [-0.39, 0.29) is 32.0 Å². The minimum absolute atomic E-state index is 0.148. The highest BCUT2D eigenvalue weighted by atomic mass is 35.5. The highest BCUT2D eigenvalue weighted by Crippen LogP contribution is 2.33. The summed E-state index contributed by atoms with van der Waals surface area (Å²) in [4.78, 5) is 29.2. The molecule has 1 saturated heterocycles. The van der Waals surface area contributed by atoms with Crippen LogP contribution in [0.15, 0.2) is 36.4 Å². The van der Waals surface area contributed by atoms with Gasteiger partial charge >= 0.3 is 0 Å². The molecule has 34 heavy (non-hydrogen) atoms. The molecule has 7 nitrogen and oxygen atoms in total. The van der Waals surface area contributed by atoms with Crippen LogP contribution in [0.25, 0.3) is 0 Å². The summed E-state index contributed by atoms with van der Waals surface area (Å²) in [7, 11) is 1.45. The Bertz CT molecular complexity index is 1060. The van der Waals surface area contributed by atoms with Gasteiger partial charge < -0.3 is 19.9 Å². The number of benzene rings is 2. The van der Waals surface area contributed by atoms with Crippen molar-refractivity contribution in [1.82, 2.24) is 10.2 Å². The van der Waals surface area contributed by atoms with Crippen molar-refractivity contribution in [3.63, 3.8) is 0 Å². The topological polar surface area (TPSA) is 73.9 Å². The van der Waals surface area contributed by atoms with Crippen LogP contribution < -0.4 is 20.3 Å². The van der Waals surface area contributed by atoms with Gasteiger partial charge in [0.2, 0.25) is 5.91 Å². The fourth-order valence-corrected chi connectivity index (χ4v) is 4.47. The molecular weight excluding hydrogens is 495 g/mol. The van der Waals surface area contributed by atoms with Gasteiger partial charge in [-0.05, 0) is 48.6 Å². The van der Waals surface area contributed by atoms with E-state index in [1.807, 2.05) is 49.9 Å². The minimum Gasteiger partial charge on any atom is -0.494 e. The van der Waals surface area contributed by atoms with Crippen LogP contribution >= 0.6 is 35.4 Å². The molecule has 10 heteroatoms. The number of anilines is 2. The van der Waals surface area contributed by atoms with Crippen molar-refractivity contribution in [3.8, 4) is 5.75 Å². The van der Waals surface area contributed by atoms with E-state index < -0.39 is 5.91 Å². The van der Waals surface area contributed by atoms with Crippen LogP contribution in [0.4, 0.5) is 11.4 Å². The normalized spacial score (nSPS) is 13.9. The molecule has 1 fully saturated rings. The molecule has 1 aliphatic heterocycles. The number of nitrogens with zero attached hydrogens (tertiary/aromatic N) is 2. The van der Waals surface area contributed by atoms with Gasteiger partial charge in [0.15, 0.2) is 10.9 Å². The largest absolute Gasteiger partial charge is 0.494 e. The summed E-state index contributed by atoms with van der Waals surface area (Å²) >= 11 is 17.5. The van der Waals surface area contributed by atoms with Crippen LogP contribution in [0.3, 0.4) is 0 Å². The summed E-state index contributed by atoms with van der Waals surface area (Å²) in [6, 6.07) is 10.7. The van der Waals surface area contributed by atoms with Crippen molar-refractivity contribution in [3.05, 3.63) is 52.0 Å². The Morgan fingerprint density at radius 1 is 1.00 bits per heavy atom. The molecule has 0 aromatic heterocycles. The van der Waals surface area contributed by atoms with Crippen molar-refractivity contribution in [2.45, 2.75) is 20.8 Å². The minimum atomic E-state index is -0.441. The van der Waals surface area contributed by atoms with E-state index in [2.05, 4.69) is 15.5 Å². The highest BCUT2D eigenvalue weighted by molar-refractivity contribution is 7.80. The summed E-state index contributed by atoms with van der Waals surface area (Å²) < 4.78 is 5.10. The third kappa shape index (κ3) is 6.31. The predicted molar refractivity (Wildman–Crippen MR) is 141 cm³/mol. The fraction of sp³-hybridized carbons (Fsp3) is 0.375. The van der Waals surface area contributed by atoms with Gasteiger partial charge in [0.1, 0.15) is 0 Å². The number of hydrogen-bond acceptors (Lipinski definition) is 5. The number of ether oxygens (including phenoxy) is 1. The average molecular weight is 523 g/mol. The van der Waals surface area contributed by atoms with Crippen LogP contribution in [0.2, 0.25) is 10.0 Å². The van der Waals surface area contributed by atoms with Crippen molar-refractivity contribution in [2.24, 2.45) is 5.41 Å². The number of piperazine rings is 1. The molecule has 2 aromatic carbocycles. The molecule has 2 N–H and O–H groups in total. The fourth-order valence-electron chi connectivity index (χ4n) is 3.62. The van der Waals surface area contributed by atoms with Crippen LogP contribution in [0.5, 0.6) is 5.75 Å². The number of hydrogen-bond donors (Lipinski definition) is 2. The molecule has 3 rings (SSSR count). The Balaban J connectivity index is 1.54. The zero-order chi connectivity index (χ0) is 25.0. The number of halogens is 2. The lowest BCUT2D eigenvalue weighted by Gasteiger charge is -2.38. The number of carbonyl (C=O) groups excluding carboxylic acids is 2. The molecule has 0 radical (unpaired) electrons. The van der Waals surface area contributed by atoms with Crippen LogP contribution in [-0.2, 0) is 4.79 Å². The van der Waals surface area contributed by atoms with E-state index in [0.29, 0.717) is 18.8 Å². The van der Waals surface area contributed by atoms with Gasteiger partial charge in [-0.15, -0.1) is 0 Å². The van der Waals surface area contributed by atoms with E-state index >= 15 is 0 Å². The third-order valence-corrected chi connectivity index (χ3v) is 6.16. The van der Waals surface area contributed by atoms with E-state index in [0.717, 1.165) is 24.5 Å². The Kier molecular flexibility index (Phi) is 8.28. The Morgan fingerprint density at radius 2 is 1.56 bits per heavy atom. The summed E-state index contributed by atoms with van der Waals surface area (Å²) in [6.45, 7) is 8.79. The zero-order valence-corrected chi connectivity index (χ0v) is 21.9. The van der Waals surface area contributed by atoms with Gasteiger partial charge in [-0.2, -0.15) is 0 Å². The van der Waals surface area contributed by atoms with Gasteiger partial charge in [-0.3, -0.25) is 14.9 Å². The summed E-state index contributed by atoms with van der Waals surface area (Å²) in [5.41, 5.74) is 1.70. The van der Waals surface area contributed by atoms with Crippen molar-refractivity contribution in [1.29, 1.82) is 0 Å². The molecule has 182 valence electrons. The predicted octanol–water partition coefficient (Wildman–Crippen LogP) is 4.82. The first-order valence-corrected chi connectivity index (χ1v) is 12.0. The number of methoxy groups -OCH3 is 1. The Hall–Kier alpha value is -2.55. The lowest BCUT2D eigenvalue weighted by Crippen LogP contribution is -2.51. The zero-order valence-electron chi connectivity index (χ0n) is 19.6. The second kappa shape index (κ2) is 10.8. The van der Waals surface area contributed by atoms with Gasteiger partial charge in [-0.25, -0.2) is 0 Å². The van der Waals surface area contributed by atoms with Gasteiger partial charge in [-0.1, -0.05) is 44.0 Å². The quantitative estimate of drug-likeness (QED) is 0.560. The van der Waals surface area contributed by atoms with E-state index in [1.54, 1.807) is 0 Å². The standard InChI is InChI=1S/C24H28Cl2N4O3S/c1-24(2,3)22(32)30-11-9-29(10-12-30)17-7-5-16(6-8-17)27-23(34)28-21(31)15-13-18(25)20(33-4)19(26)14-15/h5-8,13-14H,9-12H2,1-4H3,(H2,27,28,31,34). The summed E-state index contributed by atoms with van der Waals surface area (Å²) in [5, 5.41) is 6.24. The van der Waals surface area contributed by atoms with Gasteiger partial charge in [0.25, 0.3) is 5.91 Å². The molecule has 0 saturated carbocycles. The monoisotopic (exact) mass is 522 g/mol. The van der Waals surface area contributed by atoms with E-state index in [1.165, 1.54) is 19.2 Å². The molecule has 1 aliphatic rings. The maximum absolute atomic E-state index is 12.5. The second-order valence-electron chi connectivity index (χ2n) is 8.96. The lowest BCUT2D eigenvalue weighted by atomic mass is 9.94. The first-order chi connectivity index (χ1) is 16.0. The number of amides is 2. The van der Waals surface area contributed by atoms with Crippen molar-refractivity contribution >= 4 is 63.7 Å². The molecule has 2 aromatic rings. The smallest absolute Gasteiger partial charge is 0.257 e. The van der Waals surface area contributed by atoms with E-state index in [9.17, 15) is 9.59 Å². The molecule has 0 spiro atoms. The first-order valence-electron chi connectivity index (χ1n) is 10.8. The molecule has 0 unspecified atom stereocenters. The Morgan fingerprint density at radius 3 is 2.06 bits per heavy atom. The lowest BCUT2D eigenvalue weighted by molar-refractivity contribution is -0.139. The van der Waals surface area contributed by atoms with Crippen molar-refractivity contribution in [2.75, 3.05) is 43.5 Å². The molecule has 0 atom stereocenters. The molecule has 1 heterocycles. The molecule has 2 amide bonds. The number of nitrogens with one attached hydrogen (secondary N) is 2. The van der Waals surface area contributed by atoms with E-state index in [4.69, 9.17) is 40.2 Å².